The minimum absolute atomic E-state index is 0.150. The molecule has 0 aliphatic heterocycles. The van der Waals surface area contributed by atoms with Crippen LogP contribution < -0.4 is 9.47 Å². The molecule has 0 bridgehead atoms. The minimum atomic E-state index is -2.85. The Morgan fingerprint density at radius 1 is 0.721 bits per heavy atom. The zero-order valence-electron chi connectivity index (χ0n) is 24.6. The van der Waals surface area contributed by atoms with E-state index in [1.807, 2.05) is 60.7 Å². The average molecular weight is 582 g/mol. The molecule has 4 aromatic carbocycles. The lowest BCUT2D eigenvalue weighted by atomic mass is 10.1. The van der Waals surface area contributed by atoms with Crippen LogP contribution in [0, 0.1) is 0 Å². The molecule has 0 saturated heterocycles. The lowest BCUT2D eigenvalue weighted by molar-refractivity contribution is -0.0498. The number of hydrogen-bond acceptors (Lipinski definition) is 4. The number of nitrogens with zero attached hydrogens (tertiary/aromatic N) is 3. The van der Waals surface area contributed by atoms with Gasteiger partial charge >= 0.3 is 6.61 Å². The van der Waals surface area contributed by atoms with Gasteiger partial charge in [-0.05, 0) is 41.8 Å². The first-order valence-corrected chi connectivity index (χ1v) is 14.6. The fraction of sp³-hybridized carbons (Fsp3) is 0.250. The zero-order valence-corrected chi connectivity index (χ0v) is 24.6. The quantitative estimate of drug-likeness (QED) is 0.131. The van der Waals surface area contributed by atoms with Crippen LogP contribution in [0.4, 0.5) is 8.78 Å². The van der Waals surface area contributed by atoms with Crippen LogP contribution in [0.25, 0.3) is 22.6 Å². The molecular weight excluding hydrogens is 544 g/mol. The van der Waals surface area contributed by atoms with Crippen molar-refractivity contribution in [3.05, 3.63) is 126 Å². The van der Waals surface area contributed by atoms with Crippen LogP contribution in [-0.4, -0.2) is 28.2 Å². The molecule has 0 aliphatic carbocycles. The van der Waals surface area contributed by atoms with Crippen molar-refractivity contribution < 1.29 is 18.3 Å². The second-order valence-electron chi connectivity index (χ2n) is 10.5. The van der Waals surface area contributed by atoms with Crippen molar-refractivity contribution in [2.75, 3.05) is 7.11 Å². The summed E-state index contributed by atoms with van der Waals surface area (Å²) in [5, 5.41) is 0. The topological polar surface area (TPSA) is 39.5 Å². The van der Waals surface area contributed by atoms with Gasteiger partial charge in [-0.1, -0.05) is 98.3 Å². The molecular formula is C36H37F2N3O2. The third-order valence-electron chi connectivity index (χ3n) is 7.38. The molecule has 0 radical (unpaired) electrons. The first-order valence-electron chi connectivity index (χ1n) is 14.6. The van der Waals surface area contributed by atoms with E-state index in [4.69, 9.17) is 9.72 Å². The molecule has 0 atom stereocenters. The molecule has 1 heterocycles. The fourth-order valence-corrected chi connectivity index (χ4v) is 5.24. The summed E-state index contributed by atoms with van der Waals surface area (Å²) in [4.78, 5) is 7.63. The predicted molar refractivity (Wildman–Crippen MR) is 167 cm³/mol. The Morgan fingerprint density at radius 3 is 1.81 bits per heavy atom. The van der Waals surface area contributed by atoms with Crippen LogP contribution in [0.15, 0.2) is 109 Å². The zero-order chi connectivity index (χ0) is 30.0. The third kappa shape index (κ3) is 7.87. The lowest BCUT2D eigenvalue weighted by Crippen LogP contribution is -2.24. The van der Waals surface area contributed by atoms with E-state index < -0.39 is 6.61 Å². The summed E-state index contributed by atoms with van der Waals surface area (Å²) in [5.74, 6) is 1.92. The van der Waals surface area contributed by atoms with E-state index in [1.54, 1.807) is 19.2 Å². The monoisotopic (exact) mass is 581 g/mol. The van der Waals surface area contributed by atoms with Gasteiger partial charge in [-0.25, -0.2) is 4.98 Å². The van der Waals surface area contributed by atoms with Gasteiger partial charge in [0, 0.05) is 37.3 Å². The number of rotatable bonds is 14. The van der Waals surface area contributed by atoms with E-state index in [0.717, 1.165) is 64.6 Å². The van der Waals surface area contributed by atoms with Gasteiger partial charge in [-0.15, -0.1) is 0 Å². The number of imidazole rings is 1. The summed E-state index contributed by atoms with van der Waals surface area (Å²) in [7, 11) is 1.66. The van der Waals surface area contributed by atoms with Gasteiger partial charge in [0.15, 0.2) is 0 Å². The number of hydrogen-bond donors (Lipinski definition) is 0. The van der Waals surface area contributed by atoms with Gasteiger partial charge in [0.05, 0.1) is 18.5 Å². The van der Waals surface area contributed by atoms with Gasteiger partial charge in [0.1, 0.15) is 17.3 Å². The molecule has 222 valence electrons. The van der Waals surface area contributed by atoms with Crippen LogP contribution in [-0.2, 0) is 26.2 Å². The highest BCUT2D eigenvalue weighted by Gasteiger charge is 2.22. The maximum Gasteiger partial charge on any atom is 0.387 e. The van der Waals surface area contributed by atoms with Gasteiger partial charge in [0.25, 0.3) is 0 Å². The average Bonchev–Trinajstić information content (AvgIpc) is 3.39. The molecule has 0 N–H and O–H groups in total. The van der Waals surface area contributed by atoms with E-state index >= 15 is 0 Å². The Bertz CT molecular complexity index is 1550. The number of methoxy groups -OCH3 is 1. The van der Waals surface area contributed by atoms with Gasteiger partial charge in [0.2, 0.25) is 0 Å². The SMILES string of the molecule is CCCCn1c(-c2ccccc2)nc(-c2ccccc2)c1CN(Cc1ccc(OC)cc1)Cc1ccc(OC(F)F)cc1. The molecule has 5 nitrogen and oxygen atoms in total. The van der Waals surface area contributed by atoms with Crippen LogP contribution in [0.3, 0.4) is 0 Å². The van der Waals surface area contributed by atoms with Gasteiger partial charge in [-0.3, -0.25) is 4.90 Å². The molecule has 43 heavy (non-hydrogen) atoms. The summed E-state index contributed by atoms with van der Waals surface area (Å²) in [6, 6.07) is 35.7. The van der Waals surface area contributed by atoms with Crippen molar-refractivity contribution in [3.63, 3.8) is 0 Å². The Labute approximate surface area is 252 Å². The molecule has 5 aromatic rings. The standard InChI is InChI=1S/C36H37F2N3O2/c1-3-4-23-41-33(34(29-11-7-5-8-12-29)39-35(41)30-13-9-6-10-14-30)26-40(24-27-15-19-31(42-2)20-16-27)25-28-17-21-32(22-18-28)43-36(37)38/h5-22,36H,3-4,23-26H2,1-2H3. The summed E-state index contributed by atoms with van der Waals surface area (Å²) in [6.45, 7) is 2.12. The number of halogens is 2. The maximum atomic E-state index is 12.8. The Kier molecular flexibility index (Phi) is 10.2. The molecule has 0 spiro atoms. The van der Waals surface area contributed by atoms with Crippen LogP contribution in [0.2, 0.25) is 0 Å². The first-order chi connectivity index (χ1) is 21.0. The number of benzene rings is 4. The van der Waals surface area contributed by atoms with Crippen molar-refractivity contribution in [1.82, 2.24) is 14.5 Å². The summed E-state index contributed by atoms with van der Waals surface area (Å²) >= 11 is 0. The van der Waals surface area contributed by atoms with E-state index in [-0.39, 0.29) is 5.75 Å². The molecule has 7 heteroatoms. The molecule has 0 unspecified atom stereocenters. The third-order valence-corrected chi connectivity index (χ3v) is 7.38. The second-order valence-corrected chi connectivity index (χ2v) is 10.5. The van der Waals surface area contributed by atoms with Crippen molar-refractivity contribution in [2.24, 2.45) is 0 Å². The minimum Gasteiger partial charge on any atom is -0.497 e. The number of aromatic nitrogens is 2. The highest BCUT2D eigenvalue weighted by atomic mass is 19.3. The summed E-state index contributed by atoms with van der Waals surface area (Å²) in [5.41, 5.74) is 6.41. The van der Waals surface area contributed by atoms with Crippen molar-refractivity contribution in [3.8, 4) is 34.1 Å². The largest absolute Gasteiger partial charge is 0.497 e. The molecule has 0 aliphatic rings. The van der Waals surface area contributed by atoms with E-state index in [0.29, 0.717) is 19.6 Å². The van der Waals surface area contributed by atoms with Crippen LogP contribution in [0.5, 0.6) is 11.5 Å². The first kappa shape index (κ1) is 30.0. The maximum absolute atomic E-state index is 12.8. The Morgan fingerprint density at radius 2 is 1.28 bits per heavy atom. The van der Waals surface area contributed by atoms with Crippen LogP contribution >= 0.6 is 0 Å². The van der Waals surface area contributed by atoms with E-state index in [2.05, 4.69) is 57.5 Å². The molecule has 0 amide bonds. The molecule has 1 aromatic heterocycles. The fourth-order valence-electron chi connectivity index (χ4n) is 5.24. The van der Waals surface area contributed by atoms with Crippen molar-refractivity contribution >= 4 is 0 Å². The number of alkyl halides is 2. The Hall–Kier alpha value is -4.49. The van der Waals surface area contributed by atoms with Gasteiger partial charge in [-0.2, -0.15) is 8.78 Å². The lowest BCUT2D eigenvalue weighted by Gasteiger charge is -2.25. The summed E-state index contributed by atoms with van der Waals surface area (Å²) < 4.78 is 37.8. The van der Waals surface area contributed by atoms with Crippen molar-refractivity contribution in [2.45, 2.75) is 52.6 Å². The summed E-state index contributed by atoms with van der Waals surface area (Å²) in [6.07, 6.45) is 2.09. The van der Waals surface area contributed by atoms with Crippen molar-refractivity contribution in [1.29, 1.82) is 0 Å². The highest BCUT2D eigenvalue weighted by Crippen LogP contribution is 2.32. The van der Waals surface area contributed by atoms with E-state index in [1.165, 1.54) is 0 Å². The normalized spacial score (nSPS) is 11.3. The van der Waals surface area contributed by atoms with Gasteiger partial charge < -0.3 is 14.0 Å². The molecule has 0 saturated carbocycles. The molecule has 0 fully saturated rings. The smallest absolute Gasteiger partial charge is 0.387 e. The molecule has 5 rings (SSSR count). The number of ether oxygens (including phenoxy) is 2. The van der Waals surface area contributed by atoms with E-state index in [9.17, 15) is 8.78 Å². The predicted octanol–water partition coefficient (Wildman–Crippen LogP) is 8.83. The van der Waals surface area contributed by atoms with Crippen LogP contribution in [0.1, 0.15) is 36.6 Å². The Balaban J connectivity index is 1.56. The second kappa shape index (κ2) is 14.6. The number of unbranched alkanes of at least 4 members (excludes halogenated alkanes) is 1. The highest BCUT2D eigenvalue weighted by molar-refractivity contribution is 5.68.